The van der Waals surface area contributed by atoms with E-state index >= 15 is 0 Å². The van der Waals surface area contributed by atoms with Crippen LogP contribution in [0.2, 0.25) is 0 Å². The van der Waals surface area contributed by atoms with Gasteiger partial charge in [-0.1, -0.05) is 12.1 Å². The van der Waals surface area contributed by atoms with Crippen molar-refractivity contribution in [1.82, 2.24) is 10.6 Å². The van der Waals surface area contributed by atoms with E-state index < -0.39 is 6.61 Å². The van der Waals surface area contributed by atoms with Crippen molar-refractivity contribution in [2.75, 3.05) is 13.2 Å². The molecule has 0 heterocycles. The summed E-state index contributed by atoms with van der Waals surface area (Å²) in [5, 5.41) is 15.2. The lowest BCUT2D eigenvalue weighted by molar-refractivity contribution is -0.0498. The summed E-state index contributed by atoms with van der Waals surface area (Å²) in [7, 11) is 0. The second kappa shape index (κ2) is 7.99. The molecule has 4 atom stereocenters. The van der Waals surface area contributed by atoms with Gasteiger partial charge < -0.3 is 20.5 Å². The number of hydrogen-bond acceptors (Lipinski definition) is 3. The Labute approximate surface area is 145 Å². The molecule has 2 aliphatic carbocycles. The van der Waals surface area contributed by atoms with Gasteiger partial charge in [0, 0.05) is 19.2 Å². The van der Waals surface area contributed by atoms with Crippen LogP contribution in [0.3, 0.4) is 0 Å². The third-order valence-electron chi connectivity index (χ3n) is 5.40. The maximum Gasteiger partial charge on any atom is 0.387 e. The van der Waals surface area contributed by atoms with Crippen LogP contribution in [0.25, 0.3) is 0 Å². The van der Waals surface area contributed by atoms with Crippen molar-refractivity contribution in [3.63, 3.8) is 0 Å². The molecule has 5 nitrogen and oxygen atoms in total. The minimum Gasteiger partial charge on any atom is -0.435 e. The van der Waals surface area contributed by atoms with Gasteiger partial charge in [0.05, 0.1) is 0 Å². The fraction of sp³-hybridized carbons (Fsp3) is 0.611. The predicted octanol–water partition coefficient (Wildman–Crippen LogP) is 2.54. The molecule has 2 saturated carbocycles. The molecular weight excluding hydrogens is 330 g/mol. The van der Waals surface area contributed by atoms with Crippen molar-refractivity contribution in [1.29, 1.82) is 0 Å². The average Bonchev–Trinajstić information content (AvgIpc) is 3.15. The highest BCUT2D eigenvalue weighted by Crippen LogP contribution is 2.48. The molecule has 2 bridgehead atoms. The Morgan fingerprint density at radius 3 is 2.56 bits per heavy atom. The molecule has 138 valence electrons. The Morgan fingerprint density at radius 1 is 1.20 bits per heavy atom. The van der Waals surface area contributed by atoms with Crippen LogP contribution in [-0.2, 0) is 6.42 Å². The predicted molar refractivity (Wildman–Crippen MR) is 88.5 cm³/mol. The first kappa shape index (κ1) is 17.9. The fourth-order valence-electron chi connectivity index (χ4n) is 4.17. The lowest BCUT2D eigenvalue weighted by Gasteiger charge is -2.27. The Hall–Kier alpha value is -1.89. The zero-order valence-electron chi connectivity index (χ0n) is 14.0. The minimum atomic E-state index is -2.82. The third-order valence-corrected chi connectivity index (χ3v) is 5.40. The minimum absolute atomic E-state index is 0.127. The molecule has 0 aliphatic heterocycles. The number of ether oxygens (including phenoxy) is 1. The van der Waals surface area contributed by atoms with Crippen LogP contribution in [0, 0.1) is 17.8 Å². The molecule has 2 aliphatic rings. The van der Waals surface area contributed by atoms with Crippen molar-refractivity contribution < 1.29 is 23.4 Å². The van der Waals surface area contributed by atoms with E-state index in [4.69, 9.17) is 0 Å². The van der Waals surface area contributed by atoms with Gasteiger partial charge in [0.25, 0.3) is 0 Å². The van der Waals surface area contributed by atoms with Crippen LogP contribution >= 0.6 is 0 Å². The van der Waals surface area contributed by atoms with Gasteiger partial charge >= 0.3 is 12.6 Å². The maximum absolute atomic E-state index is 12.1. The molecule has 0 unspecified atom stereocenters. The molecule has 3 rings (SSSR count). The van der Waals surface area contributed by atoms with Gasteiger partial charge in [-0.3, -0.25) is 0 Å². The monoisotopic (exact) mass is 354 g/mol. The number of aliphatic hydroxyl groups excluding tert-OH is 1. The number of hydrogen-bond donors (Lipinski definition) is 3. The molecule has 7 heteroatoms. The summed E-state index contributed by atoms with van der Waals surface area (Å²) in [6.45, 7) is -2.10. The average molecular weight is 354 g/mol. The zero-order chi connectivity index (χ0) is 17.8. The van der Waals surface area contributed by atoms with Crippen LogP contribution in [-0.4, -0.2) is 36.9 Å². The summed E-state index contributed by atoms with van der Waals surface area (Å²) in [5.74, 6) is 1.55. The maximum atomic E-state index is 12.1. The molecule has 0 spiro atoms. The number of nitrogens with one attached hydrogen (secondary N) is 2. The number of benzene rings is 1. The van der Waals surface area contributed by atoms with Crippen molar-refractivity contribution >= 4 is 6.03 Å². The molecule has 1 aromatic rings. The SMILES string of the molecule is O=C(NCCc1ccc(OC(F)F)cc1)N[C@@H]1C[C@H]2C[C@@H]1C[C@H]2CO. The normalized spacial score (nSPS) is 27.5. The van der Waals surface area contributed by atoms with Gasteiger partial charge in [-0.15, -0.1) is 0 Å². The number of amides is 2. The number of halogens is 2. The first-order valence-corrected chi connectivity index (χ1v) is 8.74. The van der Waals surface area contributed by atoms with E-state index in [1.807, 2.05) is 0 Å². The van der Waals surface area contributed by atoms with E-state index in [0.717, 1.165) is 24.8 Å². The molecular formula is C18H24F2N2O3. The van der Waals surface area contributed by atoms with Crippen LogP contribution in [0.5, 0.6) is 5.75 Å². The van der Waals surface area contributed by atoms with Gasteiger partial charge in [-0.2, -0.15) is 8.78 Å². The Morgan fingerprint density at radius 2 is 1.96 bits per heavy atom. The summed E-state index contributed by atoms with van der Waals surface area (Å²) in [4.78, 5) is 12.0. The first-order valence-electron chi connectivity index (χ1n) is 8.74. The number of urea groups is 1. The van der Waals surface area contributed by atoms with Gasteiger partial charge in [0.15, 0.2) is 0 Å². The quantitative estimate of drug-likeness (QED) is 0.705. The third kappa shape index (κ3) is 4.60. The number of alkyl halides is 2. The van der Waals surface area contributed by atoms with Crippen molar-refractivity contribution in [3.8, 4) is 5.75 Å². The highest BCUT2D eigenvalue weighted by atomic mass is 19.3. The second-order valence-electron chi connectivity index (χ2n) is 6.95. The molecule has 3 N–H and O–H groups in total. The Balaban J connectivity index is 1.36. The summed E-state index contributed by atoms with van der Waals surface area (Å²) >= 11 is 0. The largest absolute Gasteiger partial charge is 0.435 e. The fourth-order valence-corrected chi connectivity index (χ4v) is 4.17. The number of carbonyl (C=O) groups is 1. The zero-order valence-corrected chi connectivity index (χ0v) is 14.0. The summed E-state index contributed by atoms with van der Waals surface area (Å²) in [6.07, 6.45) is 3.67. The summed E-state index contributed by atoms with van der Waals surface area (Å²) < 4.78 is 28.5. The Kier molecular flexibility index (Phi) is 5.73. The van der Waals surface area contributed by atoms with Gasteiger partial charge in [-0.05, 0) is 61.1 Å². The molecule has 0 aromatic heterocycles. The molecule has 25 heavy (non-hydrogen) atoms. The lowest BCUT2D eigenvalue weighted by atomic mass is 9.86. The van der Waals surface area contributed by atoms with E-state index in [1.165, 1.54) is 12.1 Å². The van der Waals surface area contributed by atoms with Gasteiger partial charge in [-0.25, -0.2) is 4.79 Å². The lowest BCUT2D eigenvalue weighted by Crippen LogP contribution is -2.45. The molecule has 0 radical (unpaired) electrons. The second-order valence-corrected chi connectivity index (χ2v) is 6.95. The van der Waals surface area contributed by atoms with Crippen LogP contribution < -0.4 is 15.4 Å². The Bertz CT molecular complexity index is 582. The summed E-state index contributed by atoms with van der Waals surface area (Å²) in [5.41, 5.74) is 0.938. The van der Waals surface area contributed by atoms with E-state index in [0.29, 0.717) is 30.7 Å². The van der Waals surface area contributed by atoms with Crippen LogP contribution in [0.15, 0.2) is 24.3 Å². The number of aliphatic hydroxyl groups is 1. The molecule has 2 amide bonds. The number of fused-ring (bicyclic) bond motifs is 2. The van der Waals surface area contributed by atoms with E-state index in [1.54, 1.807) is 12.1 Å². The molecule has 1 aromatic carbocycles. The topological polar surface area (TPSA) is 70.6 Å². The van der Waals surface area contributed by atoms with E-state index in [-0.39, 0.29) is 24.4 Å². The van der Waals surface area contributed by atoms with Crippen LogP contribution in [0.1, 0.15) is 24.8 Å². The summed E-state index contributed by atoms with van der Waals surface area (Å²) in [6, 6.07) is 6.45. The van der Waals surface area contributed by atoms with Crippen molar-refractivity contribution in [2.24, 2.45) is 17.8 Å². The highest BCUT2D eigenvalue weighted by Gasteiger charge is 2.45. The number of carbonyl (C=O) groups excluding carboxylic acids is 1. The standard InChI is InChI=1S/C18H24F2N2O3/c19-17(20)25-15-3-1-11(2-4-15)5-6-21-18(24)22-16-9-12-7-13(16)8-14(12)10-23/h1-4,12-14,16-17,23H,5-10H2,(H2,21,22,24)/t12-,13-,14+,16-/m1/s1. The van der Waals surface area contributed by atoms with Gasteiger partial charge in [0.2, 0.25) is 0 Å². The number of rotatable bonds is 7. The first-order chi connectivity index (χ1) is 12.0. The van der Waals surface area contributed by atoms with Crippen molar-refractivity contribution in [2.45, 2.75) is 38.3 Å². The van der Waals surface area contributed by atoms with Gasteiger partial charge in [0.1, 0.15) is 5.75 Å². The van der Waals surface area contributed by atoms with Crippen molar-refractivity contribution in [3.05, 3.63) is 29.8 Å². The molecule has 2 fully saturated rings. The highest BCUT2D eigenvalue weighted by molar-refractivity contribution is 5.74. The van der Waals surface area contributed by atoms with E-state index in [9.17, 15) is 18.7 Å². The van der Waals surface area contributed by atoms with Crippen LogP contribution in [0.4, 0.5) is 13.6 Å². The smallest absolute Gasteiger partial charge is 0.387 e. The molecule has 0 saturated heterocycles. The van der Waals surface area contributed by atoms with E-state index in [2.05, 4.69) is 15.4 Å².